The first-order valence-electron chi connectivity index (χ1n) is 8.96. The number of rotatable bonds is 3. The van der Waals surface area contributed by atoms with Gasteiger partial charge in [-0.1, -0.05) is 0 Å². The summed E-state index contributed by atoms with van der Waals surface area (Å²) in [6.07, 6.45) is 6.09. The van der Waals surface area contributed by atoms with E-state index in [0.29, 0.717) is 11.6 Å². The molecular weight excluding hydrogens is 340 g/mol. The maximum Gasteiger partial charge on any atom is 0.228 e. The molecule has 1 aliphatic heterocycles. The van der Waals surface area contributed by atoms with Crippen LogP contribution in [0.25, 0.3) is 11.6 Å². The molecule has 0 bridgehead atoms. The Morgan fingerprint density at radius 3 is 2.56 bits per heavy atom. The molecule has 1 atom stereocenters. The Balaban J connectivity index is 1.67. The quantitative estimate of drug-likeness (QED) is 0.701. The summed E-state index contributed by atoms with van der Waals surface area (Å²) in [5, 5.41) is 0. The van der Waals surface area contributed by atoms with E-state index in [1.165, 1.54) is 0 Å². The molecule has 8 heteroatoms. The highest BCUT2D eigenvalue weighted by atomic mass is 15.3. The second-order valence-electron chi connectivity index (χ2n) is 6.85. The number of aromatic nitrogens is 6. The maximum absolute atomic E-state index is 4.73. The molecule has 4 heterocycles. The second-order valence-corrected chi connectivity index (χ2v) is 6.85. The number of hydrogen-bond acceptors (Lipinski definition) is 8. The van der Waals surface area contributed by atoms with Gasteiger partial charge in [0.05, 0.1) is 11.7 Å². The van der Waals surface area contributed by atoms with E-state index in [9.17, 15) is 0 Å². The van der Waals surface area contributed by atoms with Crippen LogP contribution in [0.3, 0.4) is 0 Å². The molecule has 0 aliphatic carbocycles. The molecule has 3 aromatic rings. The van der Waals surface area contributed by atoms with Crippen LogP contribution in [0, 0.1) is 6.92 Å². The normalized spacial score (nSPS) is 16.1. The highest BCUT2D eigenvalue weighted by molar-refractivity contribution is 5.49. The zero-order valence-corrected chi connectivity index (χ0v) is 16.0. The molecule has 3 aromatic heterocycles. The molecule has 8 nitrogen and oxygen atoms in total. The first-order valence-corrected chi connectivity index (χ1v) is 8.96. The summed E-state index contributed by atoms with van der Waals surface area (Å²) in [6.45, 7) is 4.94. The third-order valence-corrected chi connectivity index (χ3v) is 4.72. The van der Waals surface area contributed by atoms with Gasteiger partial charge in [-0.2, -0.15) is 4.98 Å². The van der Waals surface area contributed by atoms with Crippen molar-refractivity contribution in [3.63, 3.8) is 0 Å². The Morgan fingerprint density at radius 2 is 1.81 bits per heavy atom. The van der Waals surface area contributed by atoms with Crippen LogP contribution in [0.15, 0.2) is 30.7 Å². The third kappa shape index (κ3) is 3.30. The third-order valence-electron chi connectivity index (χ3n) is 4.72. The first kappa shape index (κ1) is 17.3. The van der Waals surface area contributed by atoms with E-state index >= 15 is 0 Å². The van der Waals surface area contributed by atoms with E-state index in [1.807, 2.05) is 38.2 Å². The molecule has 0 saturated carbocycles. The van der Waals surface area contributed by atoms with Crippen molar-refractivity contribution in [2.75, 3.05) is 30.4 Å². The van der Waals surface area contributed by atoms with Crippen LogP contribution in [0.1, 0.15) is 29.9 Å². The molecule has 0 radical (unpaired) electrons. The van der Waals surface area contributed by atoms with Crippen LogP contribution in [0.2, 0.25) is 0 Å². The van der Waals surface area contributed by atoms with Crippen molar-refractivity contribution < 1.29 is 0 Å². The van der Waals surface area contributed by atoms with Gasteiger partial charge in [-0.15, -0.1) is 0 Å². The molecule has 27 heavy (non-hydrogen) atoms. The fourth-order valence-corrected chi connectivity index (χ4v) is 3.25. The second kappa shape index (κ2) is 6.86. The number of anilines is 2. The summed E-state index contributed by atoms with van der Waals surface area (Å²) in [7, 11) is 3.98. The van der Waals surface area contributed by atoms with Crippen LogP contribution in [0.5, 0.6) is 0 Å². The number of fused-ring (bicyclic) bond motifs is 1. The largest absolute Gasteiger partial charge is 0.363 e. The van der Waals surface area contributed by atoms with Gasteiger partial charge in [-0.3, -0.25) is 0 Å². The van der Waals surface area contributed by atoms with E-state index in [0.717, 1.165) is 41.7 Å². The van der Waals surface area contributed by atoms with Crippen LogP contribution < -0.4 is 9.80 Å². The summed E-state index contributed by atoms with van der Waals surface area (Å²) in [5.41, 5.74) is 3.09. The van der Waals surface area contributed by atoms with Gasteiger partial charge in [0, 0.05) is 63.0 Å². The van der Waals surface area contributed by atoms with Crippen LogP contribution in [-0.4, -0.2) is 50.5 Å². The topological polar surface area (TPSA) is 83.8 Å². The van der Waals surface area contributed by atoms with Gasteiger partial charge in [0.25, 0.3) is 0 Å². The average molecular weight is 362 g/mol. The summed E-state index contributed by atoms with van der Waals surface area (Å²) in [6, 6.07) is 3.86. The lowest BCUT2D eigenvalue weighted by molar-refractivity contribution is 0.593. The van der Waals surface area contributed by atoms with Crippen molar-refractivity contribution in [1.29, 1.82) is 0 Å². The van der Waals surface area contributed by atoms with Gasteiger partial charge in [0.1, 0.15) is 5.82 Å². The first-order chi connectivity index (χ1) is 13.0. The Hall–Kier alpha value is -3.16. The van der Waals surface area contributed by atoms with E-state index in [4.69, 9.17) is 9.97 Å². The average Bonchev–Trinajstić information content (AvgIpc) is 2.68. The molecule has 0 fully saturated rings. The lowest BCUT2D eigenvalue weighted by atomic mass is 10.00. The zero-order valence-electron chi connectivity index (χ0n) is 16.0. The SMILES string of the molecule is Cc1cc(N(C)C)nc(N2CCc3nc(-c4ncccn4)ncc3C2C)n1. The van der Waals surface area contributed by atoms with Gasteiger partial charge in [-0.05, 0) is 19.9 Å². The van der Waals surface area contributed by atoms with Crippen LogP contribution in [-0.2, 0) is 6.42 Å². The summed E-state index contributed by atoms with van der Waals surface area (Å²) < 4.78 is 0. The van der Waals surface area contributed by atoms with E-state index in [-0.39, 0.29) is 6.04 Å². The van der Waals surface area contributed by atoms with Gasteiger partial charge in [0.15, 0.2) is 11.6 Å². The summed E-state index contributed by atoms with van der Waals surface area (Å²) in [4.78, 5) is 31.3. The monoisotopic (exact) mass is 362 g/mol. The summed E-state index contributed by atoms with van der Waals surface area (Å²) in [5.74, 6) is 2.76. The van der Waals surface area contributed by atoms with Crippen molar-refractivity contribution in [2.24, 2.45) is 0 Å². The predicted molar refractivity (Wildman–Crippen MR) is 104 cm³/mol. The lowest BCUT2D eigenvalue weighted by Crippen LogP contribution is -2.36. The van der Waals surface area contributed by atoms with Gasteiger partial charge < -0.3 is 9.80 Å². The van der Waals surface area contributed by atoms with Crippen LogP contribution >= 0.6 is 0 Å². The maximum atomic E-state index is 4.73. The highest BCUT2D eigenvalue weighted by Crippen LogP contribution is 2.32. The molecule has 0 spiro atoms. The van der Waals surface area contributed by atoms with Crippen molar-refractivity contribution in [1.82, 2.24) is 29.9 Å². The Morgan fingerprint density at radius 1 is 1.04 bits per heavy atom. The Kier molecular flexibility index (Phi) is 4.39. The number of nitrogens with zero attached hydrogens (tertiary/aromatic N) is 8. The summed E-state index contributed by atoms with van der Waals surface area (Å²) >= 11 is 0. The van der Waals surface area contributed by atoms with E-state index in [1.54, 1.807) is 18.5 Å². The minimum atomic E-state index is 0.0938. The van der Waals surface area contributed by atoms with E-state index < -0.39 is 0 Å². The Bertz CT molecular complexity index is 957. The fourth-order valence-electron chi connectivity index (χ4n) is 3.25. The standard InChI is InChI=1S/C19H22N8/c1-12-10-16(26(3)4)25-19(23-12)27-9-6-15-14(13(27)2)11-22-18(24-15)17-20-7-5-8-21-17/h5,7-8,10-11,13H,6,9H2,1-4H3. The molecule has 138 valence electrons. The smallest absolute Gasteiger partial charge is 0.228 e. The molecule has 1 aliphatic rings. The van der Waals surface area contributed by atoms with Crippen molar-refractivity contribution in [3.05, 3.63) is 47.7 Å². The molecular formula is C19H22N8. The van der Waals surface area contributed by atoms with E-state index in [2.05, 4.69) is 31.8 Å². The molecule has 0 amide bonds. The van der Waals surface area contributed by atoms with Crippen molar-refractivity contribution in [3.8, 4) is 11.6 Å². The molecule has 0 aromatic carbocycles. The fraction of sp³-hybridized carbons (Fsp3) is 0.368. The van der Waals surface area contributed by atoms with Gasteiger partial charge >= 0.3 is 0 Å². The van der Waals surface area contributed by atoms with Gasteiger partial charge in [0.2, 0.25) is 5.95 Å². The lowest BCUT2D eigenvalue weighted by Gasteiger charge is -2.35. The molecule has 0 N–H and O–H groups in total. The Labute approximate surface area is 158 Å². The minimum Gasteiger partial charge on any atom is -0.363 e. The van der Waals surface area contributed by atoms with Crippen molar-refractivity contribution >= 4 is 11.8 Å². The predicted octanol–water partition coefficient (Wildman–Crippen LogP) is 2.22. The molecule has 4 rings (SSSR count). The van der Waals surface area contributed by atoms with Gasteiger partial charge in [-0.25, -0.2) is 24.9 Å². The molecule has 0 saturated heterocycles. The zero-order chi connectivity index (χ0) is 19.0. The number of aryl methyl sites for hydroxylation is 1. The minimum absolute atomic E-state index is 0.0938. The van der Waals surface area contributed by atoms with Crippen molar-refractivity contribution in [2.45, 2.75) is 26.3 Å². The highest BCUT2D eigenvalue weighted by Gasteiger charge is 2.28. The number of hydrogen-bond donors (Lipinski definition) is 0. The molecule has 1 unspecified atom stereocenters. The van der Waals surface area contributed by atoms with Crippen LogP contribution in [0.4, 0.5) is 11.8 Å².